The van der Waals surface area contributed by atoms with Crippen LogP contribution in [0.4, 0.5) is 10.7 Å². The number of hydrogen-bond donors (Lipinski definition) is 1. The van der Waals surface area contributed by atoms with Crippen LogP contribution in [0.15, 0.2) is 40.8 Å². The lowest BCUT2D eigenvalue weighted by Gasteiger charge is -2.27. The molecule has 1 aliphatic heterocycles. The fourth-order valence-corrected chi connectivity index (χ4v) is 5.69. The number of sulfonamides is 1. The number of fused-ring (bicyclic) bond motifs is 1. The highest BCUT2D eigenvalue weighted by atomic mass is 35.5. The van der Waals surface area contributed by atoms with Gasteiger partial charge in [-0.1, -0.05) is 11.6 Å². The number of nitriles is 1. The molecular formula is C20H18ClN5O3S2. The Kier molecular flexibility index (Phi) is 5.61. The van der Waals surface area contributed by atoms with Crippen LogP contribution in [0.1, 0.15) is 18.9 Å². The fourth-order valence-electron chi connectivity index (χ4n) is 3.54. The molecule has 3 heterocycles. The number of nitrogens with one attached hydrogen (secondary N) is 1. The molecule has 3 aromatic rings. The molecule has 0 radical (unpaired) electrons. The average Bonchev–Trinajstić information content (AvgIpc) is 3.04. The van der Waals surface area contributed by atoms with Gasteiger partial charge in [-0.15, -0.1) is 0 Å². The number of halogens is 1. The summed E-state index contributed by atoms with van der Waals surface area (Å²) in [5.74, 6) is 0. The van der Waals surface area contributed by atoms with Gasteiger partial charge in [-0.3, -0.25) is 9.78 Å². The number of rotatable bonds is 4. The van der Waals surface area contributed by atoms with Crippen molar-refractivity contribution in [2.45, 2.75) is 13.3 Å². The Labute approximate surface area is 188 Å². The van der Waals surface area contributed by atoms with Crippen LogP contribution in [0, 0.1) is 11.3 Å². The van der Waals surface area contributed by atoms with Crippen molar-refractivity contribution in [3.05, 3.63) is 57.0 Å². The molecule has 0 saturated heterocycles. The Balaban J connectivity index is 1.79. The SMILES string of the molecule is CC1=C(n2sc(Nc3c(Cl)ccc4ncccc34)c(C#N)c2=O)CCN(S(C)(=O)=O)C1. The third kappa shape index (κ3) is 3.97. The minimum Gasteiger partial charge on any atom is -0.343 e. The van der Waals surface area contributed by atoms with Crippen molar-refractivity contribution in [1.82, 2.24) is 13.2 Å². The Morgan fingerprint density at radius 3 is 2.77 bits per heavy atom. The monoisotopic (exact) mass is 475 g/mol. The van der Waals surface area contributed by atoms with Crippen molar-refractivity contribution in [3.8, 4) is 6.07 Å². The maximum atomic E-state index is 13.0. The van der Waals surface area contributed by atoms with E-state index in [-0.39, 0.29) is 18.7 Å². The first kappa shape index (κ1) is 21.5. The summed E-state index contributed by atoms with van der Waals surface area (Å²) in [6.07, 6.45) is 3.22. The van der Waals surface area contributed by atoms with E-state index in [1.807, 2.05) is 12.1 Å². The molecule has 31 heavy (non-hydrogen) atoms. The number of benzene rings is 1. The van der Waals surface area contributed by atoms with Gasteiger partial charge in [-0.25, -0.2) is 12.4 Å². The largest absolute Gasteiger partial charge is 0.343 e. The molecule has 0 unspecified atom stereocenters. The number of pyridine rings is 1. The van der Waals surface area contributed by atoms with Gasteiger partial charge in [0.05, 0.1) is 22.5 Å². The topological polar surface area (TPSA) is 108 Å². The molecule has 0 fully saturated rings. The number of aromatic nitrogens is 2. The minimum atomic E-state index is -3.32. The van der Waals surface area contributed by atoms with E-state index >= 15 is 0 Å². The van der Waals surface area contributed by atoms with Gasteiger partial charge in [0.1, 0.15) is 11.1 Å². The standard InChI is InChI=1S/C20H18ClN5O3S2/c1-12-11-25(31(2,28)29)9-7-17(12)26-20(27)14(10-22)19(30-26)24-18-13-4-3-8-23-16(13)6-5-15(18)21/h3-6,8,24H,7,9,11H2,1-2H3. The van der Waals surface area contributed by atoms with Crippen LogP contribution < -0.4 is 10.9 Å². The molecule has 0 aliphatic carbocycles. The maximum absolute atomic E-state index is 13.0. The zero-order valence-corrected chi connectivity index (χ0v) is 19.1. The molecule has 1 N–H and O–H groups in total. The lowest BCUT2D eigenvalue weighted by Crippen LogP contribution is -2.37. The first-order chi connectivity index (χ1) is 14.7. The first-order valence-electron chi connectivity index (χ1n) is 9.31. The lowest BCUT2D eigenvalue weighted by atomic mass is 10.1. The second-order valence-corrected chi connectivity index (χ2v) is 10.5. The van der Waals surface area contributed by atoms with Gasteiger partial charge < -0.3 is 5.32 Å². The van der Waals surface area contributed by atoms with E-state index in [2.05, 4.69) is 10.3 Å². The molecular weight excluding hydrogens is 458 g/mol. The summed E-state index contributed by atoms with van der Waals surface area (Å²) in [7, 11) is -3.32. The predicted octanol–water partition coefficient (Wildman–Crippen LogP) is 3.62. The van der Waals surface area contributed by atoms with Crippen molar-refractivity contribution >= 4 is 60.4 Å². The smallest absolute Gasteiger partial charge is 0.285 e. The van der Waals surface area contributed by atoms with Gasteiger partial charge >= 0.3 is 0 Å². The van der Waals surface area contributed by atoms with Gasteiger partial charge in [0.15, 0.2) is 5.56 Å². The van der Waals surface area contributed by atoms with Crippen molar-refractivity contribution < 1.29 is 8.42 Å². The van der Waals surface area contributed by atoms with E-state index in [0.717, 1.165) is 28.0 Å². The highest BCUT2D eigenvalue weighted by Gasteiger charge is 2.27. The summed E-state index contributed by atoms with van der Waals surface area (Å²) >= 11 is 7.51. The third-order valence-corrected chi connectivity index (χ3v) is 7.73. The number of nitrogens with zero attached hydrogens (tertiary/aromatic N) is 4. The lowest BCUT2D eigenvalue weighted by molar-refractivity contribution is 0.433. The van der Waals surface area contributed by atoms with Crippen LogP contribution in [0.5, 0.6) is 0 Å². The van der Waals surface area contributed by atoms with E-state index in [1.165, 1.54) is 14.5 Å². The quantitative estimate of drug-likeness (QED) is 0.617. The molecule has 11 heteroatoms. The summed E-state index contributed by atoms with van der Waals surface area (Å²) < 4.78 is 26.5. The molecule has 0 atom stereocenters. The van der Waals surface area contributed by atoms with Crippen molar-refractivity contribution in [1.29, 1.82) is 5.26 Å². The zero-order chi connectivity index (χ0) is 22.3. The normalized spacial score (nSPS) is 15.3. The molecule has 8 nitrogen and oxygen atoms in total. The van der Waals surface area contributed by atoms with Gasteiger partial charge in [-0.05, 0) is 48.3 Å². The van der Waals surface area contributed by atoms with E-state index in [0.29, 0.717) is 27.8 Å². The van der Waals surface area contributed by atoms with E-state index in [1.54, 1.807) is 31.3 Å². The predicted molar refractivity (Wildman–Crippen MR) is 123 cm³/mol. The molecule has 0 amide bonds. The van der Waals surface area contributed by atoms with Crippen molar-refractivity contribution in [2.24, 2.45) is 0 Å². The van der Waals surface area contributed by atoms with Gasteiger partial charge in [0.2, 0.25) is 10.0 Å². The van der Waals surface area contributed by atoms with Crippen LogP contribution in [0.3, 0.4) is 0 Å². The van der Waals surface area contributed by atoms with Crippen LogP contribution in [0.2, 0.25) is 5.02 Å². The Morgan fingerprint density at radius 1 is 1.32 bits per heavy atom. The average molecular weight is 476 g/mol. The highest BCUT2D eigenvalue weighted by Crippen LogP contribution is 2.36. The van der Waals surface area contributed by atoms with Crippen LogP contribution in [-0.4, -0.2) is 41.0 Å². The van der Waals surface area contributed by atoms with Crippen LogP contribution in [0.25, 0.3) is 16.6 Å². The summed E-state index contributed by atoms with van der Waals surface area (Å²) in [4.78, 5) is 17.3. The molecule has 0 bridgehead atoms. The minimum absolute atomic E-state index is 0.0206. The molecule has 0 spiro atoms. The Bertz CT molecular complexity index is 1430. The summed E-state index contributed by atoms with van der Waals surface area (Å²) in [5.41, 5.74) is 2.31. The highest BCUT2D eigenvalue weighted by molar-refractivity contribution is 7.88. The summed E-state index contributed by atoms with van der Waals surface area (Å²) in [6.45, 7) is 2.29. The number of hydrogen-bond acceptors (Lipinski definition) is 7. The maximum Gasteiger partial charge on any atom is 0.285 e. The van der Waals surface area contributed by atoms with Crippen LogP contribution >= 0.6 is 23.1 Å². The molecule has 2 aromatic heterocycles. The van der Waals surface area contributed by atoms with Crippen molar-refractivity contribution in [2.75, 3.05) is 24.7 Å². The second-order valence-electron chi connectivity index (χ2n) is 7.20. The second kappa shape index (κ2) is 8.09. The van der Waals surface area contributed by atoms with Gasteiger partial charge in [0, 0.05) is 36.8 Å². The van der Waals surface area contributed by atoms with Gasteiger partial charge in [-0.2, -0.15) is 9.57 Å². The molecule has 160 valence electrons. The molecule has 0 saturated carbocycles. The summed E-state index contributed by atoms with van der Waals surface area (Å²) in [5, 5.41) is 14.4. The number of anilines is 2. The first-order valence-corrected chi connectivity index (χ1v) is 12.3. The van der Waals surface area contributed by atoms with Gasteiger partial charge in [0.25, 0.3) is 5.56 Å². The molecule has 1 aliphatic rings. The van der Waals surface area contributed by atoms with E-state index in [4.69, 9.17) is 11.6 Å². The third-order valence-electron chi connectivity index (χ3n) is 5.11. The van der Waals surface area contributed by atoms with Crippen LogP contribution in [-0.2, 0) is 10.0 Å². The zero-order valence-electron chi connectivity index (χ0n) is 16.7. The van der Waals surface area contributed by atoms with E-state index in [9.17, 15) is 18.5 Å². The Hall–Kier alpha value is -2.71. The Morgan fingerprint density at radius 2 is 2.10 bits per heavy atom. The van der Waals surface area contributed by atoms with Crippen molar-refractivity contribution in [3.63, 3.8) is 0 Å². The summed E-state index contributed by atoms with van der Waals surface area (Å²) in [6, 6.07) is 9.13. The molecule has 1 aromatic carbocycles. The van der Waals surface area contributed by atoms with E-state index < -0.39 is 15.6 Å². The fraction of sp³-hybridized carbons (Fsp3) is 0.250. The molecule has 4 rings (SSSR count).